The van der Waals surface area contributed by atoms with Gasteiger partial charge in [0.05, 0.1) is 31.6 Å². The predicted molar refractivity (Wildman–Crippen MR) is 97.6 cm³/mol. The van der Waals surface area contributed by atoms with Crippen LogP contribution in [0.3, 0.4) is 0 Å². The number of hydrogen-bond acceptors (Lipinski definition) is 4. The summed E-state index contributed by atoms with van der Waals surface area (Å²) >= 11 is 0. The number of carbonyl (C=O) groups is 2. The van der Waals surface area contributed by atoms with Gasteiger partial charge in [-0.25, -0.2) is 9.48 Å². The third kappa shape index (κ3) is 4.29. The Morgan fingerprint density at radius 3 is 2.62 bits per heavy atom. The number of likely N-dealkylation sites (tertiary alicyclic amines) is 1. The Balaban J connectivity index is 1.83. The Hall–Kier alpha value is -2.67. The molecule has 2 heterocycles. The smallest absolute Gasteiger partial charge is 0.343 e. The van der Waals surface area contributed by atoms with Crippen LogP contribution in [0.2, 0.25) is 0 Å². The molecule has 0 aliphatic carbocycles. The lowest BCUT2D eigenvalue weighted by molar-refractivity contribution is -0.896. The Bertz CT molecular complexity index is 751. The molecule has 2 N–H and O–H groups in total. The first-order valence-corrected chi connectivity index (χ1v) is 9.13. The maximum atomic E-state index is 12.6. The van der Waals surface area contributed by atoms with E-state index < -0.39 is 5.97 Å². The van der Waals surface area contributed by atoms with E-state index >= 15 is 0 Å². The first kappa shape index (κ1) is 18.1. The van der Waals surface area contributed by atoms with Crippen molar-refractivity contribution in [2.24, 2.45) is 0 Å². The first-order valence-electron chi connectivity index (χ1n) is 9.13. The van der Waals surface area contributed by atoms with E-state index in [1.165, 1.54) is 17.5 Å². The summed E-state index contributed by atoms with van der Waals surface area (Å²) in [7, 11) is 0. The number of nitrogens with zero attached hydrogens (tertiary/aromatic N) is 2. The maximum absolute atomic E-state index is 12.6. The SMILES string of the molecule is CCOC(=O)c1cnn(-c2ccccc2)c1NC(=O)C[NH+]1CCCCC1. The largest absolute Gasteiger partial charge is 0.462 e. The number of hydrogen-bond donors (Lipinski definition) is 2. The Labute approximate surface area is 152 Å². The zero-order valence-electron chi connectivity index (χ0n) is 15.0. The molecule has 3 rings (SSSR count). The topological polar surface area (TPSA) is 77.7 Å². The number of piperidine rings is 1. The van der Waals surface area contributed by atoms with Crippen LogP contribution in [0.5, 0.6) is 0 Å². The van der Waals surface area contributed by atoms with E-state index in [0.29, 0.717) is 12.4 Å². The molecule has 2 aromatic rings. The van der Waals surface area contributed by atoms with Crippen LogP contribution in [0.4, 0.5) is 5.82 Å². The average molecular weight is 357 g/mol. The van der Waals surface area contributed by atoms with E-state index in [1.54, 1.807) is 11.6 Å². The lowest BCUT2D eigenvalue weighted by Gasteiger charge is -2.23. The molecule has 0 spiro atoms. The number of carbonyl (C=O) groups excluding carboxylic acids is 2. The van der Waals surface area contributed by atoms with Crippen LogP contribution in [-0.4, -0.2) is 47.9 Å². The van der Waals surface area contributed by atoms with Crippen molar-refractivity contribution >= 4 is 17.7 Å². The van der Waals surface area contributed by atoms with Gasteiger partial charge in [0.15, 0.2) is 12.4 Å². The normalized spacial score (nSPS) is 14.8. The lowest BCUT2D eigenvalue weighted by Crippen LogP contribution is -3.13. The van der Waals surface area contributed by atoms with Crippen molar-refractivity contribution in [3.63, 3.8) is 0 Å². The summed E-state index contributed by atoms with van der Waals surface area (Å²) in [6.45, 7) is 4.42. The van der Waals surface area contributed by atoms with Crippen molar-refractivity contribution in [2.75, 3.05) is 31.6 Å². The molecule has 138 valence electrons. The quantitative estimate of drug-likeness (QED) is 0.758. The van der Waals surface area contributed by atoms with Crippen LogP contribution in [-0.2, 0) is 9.53 Å². The number of anilines is 1. The number of aromatic nitrogens is 2. The van der Waals surface area contributed by atoms with E-state index in [2.05, 4.69) is 10.4 Å². The van der Waals surface area contributed by atoms with Crippen molar-refractivity contribution in [2.45, 2.75) is 26.2 Å². The fourth-order valence-electron chi connectivity index (χ4n) is 3.22. The summed E-state index contributed by atoms with van der Waals surface area (Å²) in [5.74, 6) is -0.253. The van der Waals surface area contributed by atoms with Crippen LogP contribution in [0.15, 0.2) is 36.5 Å². The molecule has 1 fully saturated rings. The van der Waals surface area contributed by atoms with Gasteiger partial charge in [-0.15, -0.1) is 0 Å². The highest BCUT2D eigenvalue weighted by Gasteiger charge is 2.24. The molecule has 1 aliphatic heterocycles. The van der Waals surface area contributed by atoms with Gasteiger partial charge >= 0.3 is 5.97 Å². The third-order valence-corrected chi connectivity index (χ3v) is 4.49. The van der Waals surface area contributed by atoms with E-state index in [0.717, 1.165) is 31.6 Å². The summed E-state index contributed by atoms with van der Waals surface area (Å²) in [6, 6.07) is 9.40. The Morgan fingerprint density at radius 2 is 1.92 bits per heavy atom. The maximum Gasteiger partial charge on any atom is 0.343 e. The molecule has 0 unspecified atom stereocenters. The van der Waals surface area contributed by atoms with Gasteiger partial charge in [0.25, 0.3) is 5.91 Å². The molecule has 1 aliphatic rings. The number of rotatable bonds is 6. The molecular weight excluding hydrogens is 332 g/mol. The number of benzene rings is 1. The van der Waals surface area contributed by atoms with Gasteiger partial charge in [0.1, 0.15) is 5.56 Å². The number of amides is 1. The second kappa shape index (κ2) is 8.62. The minimum absolute atomic E-state index is 0.120. The molecule has 1 saturated heterocycles. The minimum atomic E-state index is -0.490. The highest BCUT2D eigenvalue weighted by molar-refractivity contribution is 6.00. The fourth-order valence-corrected chi connectivity index (χ4v) is 3.22. The highest BCUT2D eigenvalue weighted by Crippen LogP contribution is 2.21. The molecule has 1 amide bonds. The standard InChI is InChI=1S/C19H24N4O3/c1-2-26-19(25)16-13-20-23(15-9-5-3-6-10-15)18(16)21-17(24)14-22-11-7-4-8-12-22/h3,5-6,9-10,13H,2,4,7-8,11-12,14H2,1H3,(H,21,24)/p+1. The fraction of sp³-hybridized carbons (Fsp3) is 0.421. The molecular formula is C19H25N4O3+. The lowest BCUT2D eigenvalue weighted by atomic mass is 10.1. The zero-order chi connectivity index (χ0) is 18.4. The zero-order valence-corrected chi connectivity index (χ0v) is 15.0. The molecule has 0 bridgehead atoms. The number of nitrogens with one attached hydrogen (secondary N) is 2. The van der Waals surface area contributed by atoms with E-state index in [-0.39, 0.29) is 18.1 Å². The summed E-state index contributed by atoms with van der Waals surface area (Å²) < 4.78 is 6.67. The monoisotopic (exact) mass is 357 g/mol. The molecule has 0 radical (unpaired) electrons. The first-order chi connectivity index (χ1) is 12.7. The van der Waals surface area contributed by atoms with Gasteiger partial charge in [-0.3, -0.25) is 4.79 Å². The molecule has 0 saturated carbocycles. The highest BCUT2D eigenvalue weighted by atomic mass is 16.5. The van der Waals surface area contributed by atoms with Gasteiger partial charge in [-0.2, -0.15) is 5.10 Å². The van der Waals surface area contributed by atoms with Gasteiger partial charge in [0, 0.05) is 0 Å². The van der Waals surface area contributed by atoms with Crippen molar-refractivity contribution in [3.05, 3.63) is 42.1 Å². The van der Waals surface area contributed by atoms with Crippen molar-refractivity contribution in [3.8, 4) is 5.69 Å². The van der Waals surface area contributed by atoms with E-state index in [4.69, 9.17) is 4.74 Å². The summed E-state index contributed by atoms with van der Waals surface area (Å²) in [6.07, 6.45) is 4.98. The Morgan fingerprint density at radius 1 is 1.19 bits per heavy atom. The van der Waals surface area contributed by atoms with Crippen LogP contribution in [0, 0.1) is 0 Å². The minimum Gasteiger partial charge on any atom is -0.462 e. The number of ether oxygens (including phenoxy) is 1. The van der Waals surface area contributed by atoms with Crippen LogP contribution >= 0.6 is 0 Å². The second-order valence-corrected chi connectivity index (χ2v) is 6.41. The number of quaternary nitrogens is 1. The van der Waals surface area contributed by atoms with Gasteiger partial charge in [0.2, 0.25) is 0 Å². The summed E-state index contributed by atoms with van der Waals surface area (Å²) in [5, 5.41) is 7.17. The second-order valence-electron chi connectivity index (χ2n) is 6.41. The van der Waals surface area contributed by atoms with Gasteiger partial charge in [-0.1, -0.05) is 18.2 Å². The van der Waals surface area contributed by atoms with Gasteiger partial charge < -0.3 is 15.0 Å². The molecule has 26 heavy (non-hydrogen) atoms. The van der Waals surface area contributed by atoms with Crippen molar-refractivity contribution < 1.29 is 19.2 Å². The van der Waals surface area contributed by atoms with Crippen molar-refractivity contribution in [1.29, 1.82) is 0 Å². The average Bonchev–Trinajstić information content (AvgIpc) is 3.07. The third-order valence-electron chi connectivity index (χ3n) is 4.49. The Kier molecular flexibility index (Phi) is 6.01. The summed E-state index contributed by atoms with van der Waals surface area (Å²) in [5.41, 5.74) is 1.03. The van der Waals surface area contributed by atoms with Crippen molar-refractivity contribution in [1.82, 2.24) is 9.78 Å². The van der Waals surface area contributed by atoms with E-state index in [9.17, 15) is 9.59 Å². The number of para-hydroxylation sites is 1. The molecule has 0 atom stereocenters. The number of esters is 1. The molecule has 1 aromatic heterocycles. The van der Waals surface area contributed by atoms with Crippen LogP contribution < -0.4 is 10.2 Å². The predicted octanol–water partition coefficient (Wildman–Crippen LogP) is 1.06. The van der Waals surface area contributed by atoms with Crippen LogP contribution in [0.1, 0.15) is 36.5 Å². The molecule has 7 nitrogen and oxygen atoms in total. The van der Waals surface area contributed by atoms with E-state index in [1.807, 2.05) is 30.3 Å². The summed E-state index contributed by atoms with van der Waals surface area (Å²) in [4.78, 5) is 26.1. The van der Waals surface area contributed by atoms with Gasteiger partial charge in [-0.05, 0) is 38.3 Å². The molecule has 1 aromatic carbocycles. The molecule has 7 heteroatoms. The van der Waals surface area contributed by atoms with Crippen LogP contribution in [0.25, 0.3) is 5.69 Å².